The van der Waals surface area contributed by atoms with E-state index in [-0.39, 0.29) is 134 Å². The SMILES string of the molecule is COCSSCO[C-]=O.C[C-]=O.O=[C-]O.O=[C-]O.O=[C-]OCSSCO[C-]=O.OCSSCO.OCSSCO.[Y].[Y].[Y]. The van der Waals surface area contributed by atoms with Crippen molar-refractivity contribution in [1.82, 2.24) is 0 Å². The first-order chi connectivity index (χ1) is 19.4. The molecule has 0 fully saturated rings. The van der Waals surface area contributed by atoms with Gasteiger partial charge in [0.25, 0.3) is 0 Å². The number of ether oxygens (including phenoxy) is 4. The fraction of sp³-hybridized carbons (Fsp3) is 0.625. The Morgan fingerprint density at radius 2 is 0.674 bits per heavy atom. The van der Waals surface area contributed by atoms with Gasteiger partial charge < -0.3 is 78.4 Å². The van der Waals surface area contributed by atoms with E-state index in [0.717, 1.165) is 0 Å². The first-order valence-corrected chi connectivity index (χ1v) is 18.5. The van der Waals surface area contributed by atoms with Gasteiger partial charge in [-0.3, -0.25) is 6.29 Å². The molecule has 0 aliphatic rings. The van der Waals surface area contributed by atoms with E-state index in [4.69, 9.17) is 49.8 Å². The third kappa shape index (κ3) is 172. The van der Waals surface area contributed by atoms with E-state index in [1.807, 2.05) is 0 Å². The Morgan fingerprint density at radius 3 is 0.814 bits per heavy atom. The van der Waals surface area contributed by atoms with Crippen LogP contribution in [0.25, 0.3) is 0 Å². The molecular formula is C16H28O16S8Y3-6. The zero-order valence-corrected chi connectivity index (χ0v) is 37.5. The van der Waals surface area contributed by atoms with Crippen LogP contribution in [0.3, 0.4) is 0 Å². The Balaban J connectivity index is -0.0000000383. The second kappa shape index (κ2) is 104. The molecule has 0 atom stereocenters. The first-order valence-electron chi connectivity index (χ1n) is 8.59. The van der Waals surface area contributed by atoms with Gasteiger partial charge in [0.1, 0.15) is 23.8 Å². The monoisotopic (exact) mass is 999 g/mol. The van der Waals surface area contributed by atoms with E-state index in [2.05, 4.69) is 14.2 Å². The minimum atomic E-state index is 0. The Labute approximate surface area is 357 Å². The maximum Gasteiger partial charge on any atom is 0.107 e. The molecule has 0 rings (SSSR count). The fourth-order valence-electron chi connectivity index (χ4n) is 0.478. The minimum Gasteiger partial charge on any atom is -0.665 e. The van der Waals surface area contributed by atoms with Gasteiger partial charge in [0.05, 0.1) is 23.8 Å². The molecule has 43 heavy (non-hydrogen) atoms. The quantitative estimate of drug-likeness (QED) is 0.0351. The van der Waals surface area contributed by atoms with Gasteiger partial charge in [-0.15, -0.1) is 0 Å². The van der Waals surface area contributed by atoms with Crippen molar-refractivity contribution in [2.75, 3.05) is 54.6 Å². The summed E-state index contributed by atoms with van der Waals surface area (Å²) in [6, 6.07) is 0. The van der Waals surface area contributed by atoms with E-state index in [1.165, 1.54) is 119 Å². The summed E-state index contributed by atoms with van der Waals surface area (Å²) < 4.78 is 17.4. The number of carbonyl (C=O) groups excluding carboxylic acids is 4. The predicted molar refractivity (Wildman–Crippen MR) is 164 cm³/mol. The van der Waals surface area contributed by atoms with Crippen LogP contribution in [-0.2, 0) is 146 Å². The molecule has 0 unspecified atom stereocenters. The Kier molecular flexibility index (Phi) is 173. The maximum atomic E-state index is 9.44. The Morgan fingerprint density at radius 1 is 0.488 bits per heavy atom. The van der Waals surface area contributed by atoms with Crippen molar-refractivity contribution >= 4 is 125 Å². The van der Waals surface area contributed by atoms with Crippen LogP contribution in [0.4, 0.5) is 0 Å². The summed E-state index contributed by atoms with van der Waals surface area (Å²) >= 11 is 0. The average Bonchev–Trinajstić information content (AvgIpc) is 2.95. The van der Waals surface area contributed by atoms with Crippen molar-refractivity contribution in [1.29, 1.82) is 0 Å². The topological polar surface area (TPSA) is 261 Å². The zero-order valence-electron chi connectivity index (χ0n) is 22.4. The van der Waals surface area contributed by atoms with Crippen molar-refractivity contribution in [3.8, 4) is 0 Å². The van der Waals surface area contributed by atoms with Gasteiger partial charge >= 0.3 is 0 Å². The van der Waals surface area contributed by atoms with E-state index < -0.39 is 0 Å². The molecule has 0 aromatic rings. The summed E-state index contributed by atoms with van der Waals surface area (Å²) in [6.45, 7) is 6.15. The van der Waals surface area contributed by atoms with E-state index >= 15 is 0 Å². The molecule has 0 aromatic carbocycles. The summed E-state index contributed by atoms with van der Waals surface area (Å²) in [4.78, 5) is 53.4. The molecule has 0 saturated carbocycles. The molecule has 6 N–H and O–H groups in total. The summed E-state index contributed by atoms with van der Waals surface area (Å²) in [5.41, 5.74) is 0. The molecule has 251 valence electrons. The van der Waals surface area contributed by atoms with Crippen LogP contribution in [0.5, 0.6) is 0 Å². The van der Waals surface area contributed by atoms with Gasteiger partial charge in [0, 0.05) is 105 Å². The Hall–Kier alpha value is 2.93. The number of aliphatic hydroxyl groups is 4. The fourth-order valence-corrected chi connectivity index (χ4v) is 3.87. The van der Waals surface area contributed by atoms with Crippen LogP contribution in [0, 0.1) is 0 Å². The Bertz CT molecular complexity index is 421. The molecule has 3 radical (unpaired) electrons. The van der Waals surface area contributed by atoms with Crippen LogP contribution in [0.15, 0.2) is 0 Å². The number of rotatable bonds is 19. The third-order valence-corrected chi connectivity index (χ3v) is 7.69. The van der Waals surface area contributed by atoms with Gasteiger partial charge in [0.15, 0.2) is 0 Å². The molecular weight excluding hydrogens is 971 g/mol. The predicted octanol–water partition coefficient (Wildman–Crippen LogP) is 1.33. The van der Waals surface area contributed by atoms with Crippen LogP contribution >= 0.6 is 86.4 Å². The molecule has 0 saturated heterocycles. The van der Waals surface area contributed by atoms with Crippen LogP contribution < -0.4 is 0 Å². The summed E-state index contributed by atoms with van der Waals surface area (Å²) in [5.74, 6) is 1.64. The molecule has 27 heteroatoms. The molecule has 0 bridgehead atoms. The second-order valence-electron chi connectivity index (χ2n) is 3.29. The summed E-state index contributed by atoms with van der Waals surface area (Å²) in [7, 11) is 11.9. The smallest absolute Gasteiger partial charge is 0.107 e. The van der Waals surface area contributed by atoms with E-state index in [9.17, 15) is 14.4 Å². The number of hydrogen-bond acceptors (Lipinski definition) is 22. The van der Waals surface area contributed by atoms with Gasteiger partial charge in [0.2, 0.25) is 0 Å². The van der Waals surface area contributed by atoms with Crippen LogP contribution in [0.2, 0.25) is 0 Å². The second-order valence-corrected chi connectivity index (χ2v) is 12.8. The van der Waals surface area contributed by atoms with Crippen molar-refractivity contribution in [3.05, 3.63) is 0 Å². The molecule has 0 amide bonds. The normalized spacial score (nSPS) is 7.21. The first kappa shape index (κ1) is 71.8. The van der Waals surface area contributed by atoms with Crippen molar-refractivity contribution in [2.24, 2.45) is 0 Å². The standard InChI is InChI=1S/C4H4O4S2.C4H7O3S2.2C2H6O2S2.C2H3O.2CHO2.3Y/c5-1-7-3-9-10-4-8-2-6;1-6-3-8-9-4-7-2-5;2*3-1-5-6-2-4;1-2-3;2*2-1-3;;;/h3-4H2;3-4H2,1H3;2*3-4H,1-2H2;1H3;2*(H,2,3);;;/q-2;-1;;;3*-1;;;. The molecule has 0 heterocycles. The third-order valence-electron chi connectivity index (χ3n) is 1.21. The molecule has 0 aliphatic heterocycles. The van der Waals surface area contributed by atoms with Crippen molar-refractivity contribution < 1.29 is 176 Å². The number of hydrogen-bond donors (Lipinski definition) is 6. The molecule has 0 aliphatic carbocycles. The van der Waals surface area contributed by atoms with Gasteiger partial charge in [-0.05, 0) is 0 Å². The maximum absolute atomic E-state index is 9.44. The van der Waals surface area contributed by atoms with Crippen LogP contribution in [0.1, 0.15) is 6.92 Å². The number of aliphatic hydroxyl groups excluding tert-OH is 6. The zero-order chi connectivity index (χ0) is 32.4. The van der Waals surface area contributed by atoms with Gasteiger partial charge in [-0.25, -0.2) is 0 Å². The molecule has 0 aromatic heterocycles. The van der Waals surface area contributed by atoms with Gasteiger partial charge in [-0.1, -0.05) is 119 Å². The van der Waals surface area contributed by atoms with Crippen LogP contribution in [-0.4, -0.2) is 124 Å². The largest absolute Gasteiger partial charge is 0.665 e. The molecule has 0 spiro atoms. The number of methoxy groups -OCH3 is 1. The summed E-state index contributed by atoms with van der Waals surface area (Å²) in [6.07, 6.45) is 1.50. The van der Waals surface area contributed by atoms with E-state index in [0.29, 0.717) is 24.8 Å². The summed E-state index contributed by atoms with van der Waals surface area (Å²) in [5, 5.41) is 45.6. The minimum absolute atomic E-state index is 0. The van der Waals surface area contributed by atoms with Crippen molar-refractivity contribution in [3.63, 3.8) is 0 Å². The van der Waals surface area contributed by atoms with Crippen molar-refractivity contribution in [2.45, 2.75) is 6.92 Å². The van der Waals surface area contributed by atoms with E-state index in [1.54, 1.807) is 7.11 Å². The van der Waals surface area contributed by atoms with Gasteiger partial charge in [-0.2, -0.15) is 6.92 Å². The molecule has 16 nitrogen and oxygen atoms in total. The average molecular weight is 1000 g/mol.